The first-order chi connectivity index (χ1) is 12.2. The average molecular weight is 337 g/mol. The minimum absolute atomic E-state index is 0.0805. The van der Waals surface area contributed by atoms with Gasteiger partial charge in [-0.3, -0.25) is 4.68 Å². The third-order valence-corrected chi connectivity index (χ3v) is 4.39. The van der Waals surface area contributed by atoms with Gasteiger partial charge in [0.25, 0.3) is 0 Å². The van der Waals surface area contributed by atoms with Crippen LogP contribution in [0.5, 0.6) is 5.88 Å². The molecular weight excluding hydrogens is 318 g/mol. The molecule has 1 N–H and O–H groups in total. The lowest BCUT2D eigenvalue weighted by atomic mass is 10.1. The zero-order chi connectivity index (χ0) is 17.2. The molecule has 1 atom stereocenters. The zero-order valence-electron chi connectivity index (χ0n) is 14.0. The summed E-state index contributed by atoms with van der Waals surface area (Å²) in [5, 5.41) is 21.2. The molecule has 4 rings (SSSR count). The molecule has 1 saturated heterocycles. The van der Waals surface area contributed by atoms with Crippen LogP contribution < -0.4 is 10.1 Å². The van der Waals surface area contributed by atoms with Crippen LogP contribution in [0.15, 0.2) is 24.8 Å². The van der Waals surface area contributed by atoms with E-state index >= 15 is 0 Å². The first-order valence-corrected chi connectivity index (χ1v) is 8.39. The monoisotopic (exact) mass is 337 g/mol. The summed E-state index contributed by atoms with van der Waals surface area (Å²) >= 11 is 0. The van der Waals surface area contributed by atoms with Gasteiger partial charge < -0.3 is 10.1 Å². The van der Waals surface area contributed by atoms with E-state index in [9.17, 15) is 5.26 Å². The van der Waals surface area contributed by atoms with Crippen LogP contribution in [-0.2, 0) is 7.05 Å². The standard InChI is InChI=1S/C17H19N7O/c1-23-10-13(9-20-23)15-11-24-16(12(7-18)8-21-24)17(22-15)25-14-3-2-5-19-6-4-14/h8-11,14,19H,2-6H2,1H3/t14-/m1/s1. The van der Waals surface area contributed by atoms with E-state index in [2.05, 4.69) is 26.6 Å². The number of ether oxygens (including phenoxy) is 1. The van der Waals surface area contributed by atoms with Crippen molar-refractivity contribution in [2.24, 2.45) is 7.05 Å². The highest BCUT2D eigenvalue weighted by Crippen LogP contribution is 2.28. The van der Waals surface area contributed by atoms with E-state index in [1.807, 2.05) is 13.2 Å². The van der Waals surface area contributed by atoms with Gasteiger partial charge in [0.15, 0.2) is 0 Å². The molecule has 128 valence electrons. The minimum atomic E-state index is 0.0805. The van der Waals surface area contributed by atoms with E-state index in [0.29, 0.717) is 17.0 Å². The number of hydrogen-bond acceptors (Lipinski definition) is 6. The summed E-state index contributed by atoms with van der Waals surface area (Å²) in [6, 6.07) is 2.17. The summed E-state index contributed by atoms with van der Waals surface area (Å²) in [6.07, 6.45) is 10.0. The summed E-state index contributed by atoms with van der Waals surface area (Å²) < 4.78 is 9.62. The molecule has 3 aromatic rings. The van der Waals surface area contributed by atoms with Crippen molar-refractivity contribution < 1.29 is 4.74 Å². The first kappa shape index (κ1) is 15.6. The van der Waals surface area contributed by atoms with Gasteiger partial charge in [0, 0.05) is 18.8 Å². The van der Waals surface area contributed by atoms with Gasteiger partial charge in [-0.1, -0.05) is 0 Å². The number of fused-ring (bicyclic) bond motifs is 1. The van der Waals surface area contributed by atoms with Crippen LogP contribution in [-0.4, -0.2) is 43.6 Å². The number of aromatic nitrogens is 5. The largest absolute Gasteiger partial charge is 0.473 e. The highest BCUT2D eigenvalue weighted by molar-refractivity contribution is 5.70. The van der Waals surface area contributed by atoms with E-state index in [0.717, 1.165) is 43.6 Å². The van der Waals surface area contributed by atoms with Crippen LogP contribution in [0.3, 0.4) is 0 Å². The van der Waals surface area contributed by atoms with Crippen molar-refractivity contribution in [2.45, 2.75) is 25.4 Å². The molecule has 8 heteroatoms. The molecule has 0 aliphatic carbocycles. The van der Waals surface area contributed by atoms with Crippen molar-refractivity contribution in [1.29, 1.82) is 5.26 Å². The third kappa shape index (κ3) is 3.06. The Bertz CT molecular complexity index is 928. The van der Waals surface area contributed by atoms with E-state index in [-0.39, 0.29) is 6.10 Å². The second-order valence-corrected chi connectivity index (χ2v) is 6.22. The van der Waals surface area contributed by atoms with Crippen LogP contribution in [0.2, 0.25) is 0 Å². The van der Waals surface area contributed by atoms with Gasteiger partial charge in [0.1, 0.15) is 23.3 Å². The molecule has 1 aliphatic rings. The van der Waals surface area contributed by atoms with Crippen molar-refractivity contribution >= 4 is 5.52 Å². The Balaban J connectivity index is 1.78. The van der Waals surface area contributed by atoms with Gasteiger partial charge in [-0.2, -0.15) is 15.5 Å². The molecule has 0 amide bonds. The Kier molecular flexibility index (Phi) is 4.07. The lowest BCUT2D eigenvalue weighted by Crippen LogP contribution is -2.20. The summed E-state index contributed by atoms with van der Waals surface area (Å²) in [6.45, 7) is 1.93. The molecule has 0 aromatic carbocycles. The molecule has 1 aliphatic heterocycles. The summed E-state index contributed by atoms with van der Waals surface area (Å²) in [5.74, 6) is 0.460. The van der Waals surface area contributed by atoms with Crippen LogP contribution in [0.1, 0.15) is 24.8 Å². The van der Waals surface area contributed by atoms with Gasteiger partial charge in [0.05, 0.1) is 24.3 Å². The zero-order valence-corrected chi connectivity index (χ0v) is 14.0. The molecule has 0 spiro atoms. The first-order valence-electron chi connectivity index (χ1n) is 8.39. The second kappa shape index (κ2) is 6.53. The molecule has 1 fully saturated rings. The fraction of sp³-hybridized carbons (Fsp3) is 0.412. The van der Waals surface area contributed by atoms with Gasteiger partial charge in [-0.25, -0.2) is 9.50 Å². The van der Waals surface area contributed by atoms with E-state index < -0.39 is 0 Å². The quantitative estimate of drug-likeness (QED) is 0.779. The molecule has 0 bridgehead atoms. The normalized spacial score (nSPS) is 18.0. The fourth-order valence-electron chi connectivity index (χ4n) is 3.10. The molecular formula is C17H19N7O. The molecule has 0 unspecified atom stereocenters. The Hall–Kier alpha value is -2.92. The molecule has 25 heavy (non-hydrogen) atoms. The highest BCUT2D eigenvalue weighted by atomic mass is 16.5. The number of aryl methyl sites for hydroxylation is 1. The Morgan fingerprint density at radius 3 is 2.96 bits per heavy atom. The molecule has 0 saturated carbocycles. The molecule has 0 radical (unpaired) electrons. The van der Waals surface area contributed by atoms with Crippen molar-refractivity contribution in [3.63, 3.8) is 0 Å². The Morgan fingerprint density at radius 2 is 2.16 bits per heavy atom. The molecule has 4 heterocycles. The molecule has 3 aromatic heterocycles. The summed E-state index contributed by atoms with van der Waals surface area (Å²) in [4.78, 5) is 4.68. The van der Waals surface area contributed by atoms with E-state index in [4.69, 9.17) is 4.74 Å². The van der Waals surface area contributed by atoms with E-state index in [1.54, 1.807) is 27.8 Å². The van der Waals surface area contributed by atoms with Gasteiger partial charge >= 0.3 is 0 Å². The number of rotatable bonds is 3. The number of hydrogen-bond donors (Lipinski definition) is 1. The summed E-state index contributed by atoms with van der Waals surface area (Å²) in [5.41, 5.74) is 2.68. The van der Waals surface area contributed by atoms with Crippen molar-refractivity contribution in [2.75, 3.05) is 13.1 Å². The molecule has 8 nitrogen and oxygen atoms in total. The predicted octanol–water partition coefficient (Wildman–Crippen LogP) is 1.52. The topological polar surface area (TPSA) is 93.1 Å². The maximum atomic E-state index is 9.38. The lowest BCUT2D eigenvalue weighted by Gasteiger charge is -2.17. The minimum Gasteiger partial charge on any atom is -0.473 e. The second-order valence-electron chi connectivity index (χ2n) is 6.22. The van der Waals surface area contributed by atoms with Gasteiger partial charge in [-0.05, 0) is 32.4 Å². The number of nitrogens with one attached hydrogen (secondary N) is 1. The SMILES string of the molecule is Cn1cc(-c2cn3ncc(C#N)c3c(O[C@@H]3CCCNCC3)n2)cn1. The smallest absolute Gasteiger partial charge is 0.242 e. The predicted molar refractivity (Wildman–Crippen MR) is 91.0 cm³/mol. The maximum Gasteiger partial charge on any atom is 0.242 e. The van der Waals surface area contributed by atoms with Crippen LogP contribution in [0.4, 0.5) is 0 Å². The summed E-state index contributed by atoms with van der Waals surface area (Å²) in [7, 11) is 1.86. The fourth-order valence-corrected chi connectivity index (χ4v) is 3.10. The van der Waals surface area contributed by atoms with E-state index in [1.165, 1.54) is 0 Å². The van der Waals surface area contributed by atoms with Crippen molar-refractivity contribution in [3.8, 4) is 23.2 Å². The number of nitrogens with zero attached hydrogens (tertiary/aromatic N) is 6. The maximum absolute atomic E-state index is 9.38. The van der Waals surface area contributed by atoms with Crippen LogP contribution in [0.25, 0.3) is 16.8 Å². The van der Waals surface area contributed by atoms with Crippen LogP contribution >= 0.6 is 0 Å². The third-order valence-electron chi connectivity index (χ3n) is 4.39. The number of nitriles is 1. The van der Waals surface area contributed by atoms with Gasteiger partial charge in [0.2, 0.25) is 5.88 Å². The van der Waals surface area contributed by atoms with Crippen molar-refractivity contribution in [1.82, 2.24) is 29.7 Å². The Morgan fingerprint density at radius 1 is 1.24 bits per heavy atom. The average Bonchev–Trinajstić information content (AvgIpc) is 3.15. The Labute approximate surface area is 145 Å². The lowest BCUT2D eigenvalue weighted by molar-refractivity contribution is 0.182. The van der Waals surface area contributed by atoms with Gasteiger partial charge in [-0.15, -0.1) is 0 Å². The van der Waals surface area contributed by atoms with Crippen molar-refractivity contribution in [3.05, 3.63) is 30.4 Å². The van der Waals surface area contributed by atoms with Crippen LogP contribution in [0, 0.1) is 11.3 Å². The highest BCUT2D eigenvalue weighted by Gasteiger charge is 2.20.